The van der Waals surface area contributed by atoms with Gasteiger partial charge in [-0.1, -0.05) is 0 Å². The molecule has 5 nitrogen and oxygen atoms in total. The van der Waals surface area contributed by atoms with E-state index in [9.17, 15) is 12.8 Å². The van der Waals surface area contributed by atoms with E-state index in [1.165, 1.54) is 6.07 Å². The zero-order valence-electron chi connectivity index (χ0n) is 9.73. The molecule has 100 valence electrons. The molecule has 0 spiro atoms. The van der Waals surface area contributed by atoms with Gasteiger partial charge in [0.05, 0.1) is 16.6 Å². The van der Waals surface area contributed by atoms with Crippen LogP contribution in [0.2, 0.25) is 0 Å². The van der Waals surface area contributed by atoms with Crippen LogP contribution in [0.3, 0.4) is 0 Å². The first-order valence-corrected chi connectivity index (χ1v) is 7.18. The van der Waals surface area contributed by atoms with Crippen LogP contribution in [0, 0.1) is 5.82 Å². The lowest BCUT2D eigenvalue weighted by atomic mass is 10.2. The van der Waals surface area contributed by atoms with E-state index < -0.39 is 21.1 Å². The Hall–Kier alpha value is -1.34. The lowest BCUT2D eigenvalue weighted by molar-refractivity contribution is 0.0984. The molecule has 0 unspecified atom stereocenters. The minimum absolute atomic E-state index is 0.0747. The van der Waals surface area contributed by atoms with Gasteiger partial charge < -0.3 is 10.5 Å². The topological polar surface area (TPSA) is 81.4 Å². The van der Waals surface area contributed by atoms with Gasteiger partial charge in [-0.3, -0.25) is 4.72 Å². The fourth-order valence-corrected chi connectivity index (χ4v) is 3.32. The third-order valence-electron chi connectivity index (χ3n) is 2.87. The summed E-state index contributed by atoms with van der Waals surface area (Å²) in [5.41, 5.74) is 5.85. The zero-order chi connectivity index (χ0) is 13.2. The van der Waals surface area contributed by atoms with Crippen molar-refractivity contribution in [2.75, 3.05) is 23.7 Å². The first-order valence-electron chi connectivity index (χ1n) is 5.63. The van der Waals surface area contributed by atoms with Gasteiger partial charge in [-0.15, -0.1) is 0 Å². The van der Waals surface area contributed by atoms with E-state index in [2.05, 4.69) is 4.72 Å². The molecule has 1 saturated heterocycles. The highest BCUT2D eigenvalue weighted by molar-refractivity contribution is 7.93. The van der Waals surface area contributed by atoms with Crippen molar-refractivity contribution < 1.29 is 17.5 Å². The van der Waals surface area contributed by atoms with Crippen molar-refractivity contribution in [2.24, 2.45) is 0 Å². The van der Waals surface area contributed by atoms with E-state index in [1.807, 2.05) is 0 Å². The smallest absolute Gasteiger partial charge is 0.235 e. The minimum Gasteiger partial charge on any atom is -0.397 e. The fourth-order valence-electron chi connectivity index (χ4n) is 1.85. The van der Waals surface area contributed by atoms with Crippen molar-refractivity contribution in [3.63, 3.8) is 0 Å². The van der Waals surface area contributed by atoms with Crippen LogP contribution in [0.1, 0.15) is 12.8 Å². The molecule has 0 aromatic heterocycles. The summed E-state index contributed by atoms with van der Waals surface area (Å²) >= 11 is 0. The number of nitrogens with one attached hydrogen (secondary N) is 1. The third kappa shape index (κ3) is 2.91. The van der Waals surface area contributed by atoms with Gasteiger partial charge in [0.1, 0.15) is 5.82 Å². The predicted molar refractivity (Wildman–Crippen MR) is 67.2 cm³/mol. The number of nitrogens with two attached hydrogens (primary N) is 1. The van der Waals surface area contributed by atoms with E-state index in [-0.39, 0.29) is 11.4 Å². The van der Waals surface area contributed by atoms with Crippen molar-refractivity contribution in [1.82, 2.24) is 0 Å². The van der Waals surface area contributed by atoms with Crippen LogP contribution >= 0.6 is 0 Å². The summed E-state index contributed by atoms with van der Waals surface area (Å²) in [6.07, 6.45) is 0.910. The van der Waals surface area contributed by atoms with Gasteiger partial charge >= 0.3 is 0 Å². The third-order valence-corrected chi connectivity index (χ3v) is 4.73. The van der Waals surface area contributed by atoms with E-state index in [1.54, 1.807) is 0 Å². The van der Waals surface area contributed by atoms with Gasteiger partial charge in [-0.25, -0.2) is 12.8 Å². The average Bonchev–Trinajstić information content (AvgIpc) is 2.34. The Morgan fingerprint density at radius 3 is 2.61 bits per heavy atom. The second kappa shape index (κ2) is 5.11. The van der Waals surface area contributed by atoms with Crippen LogP contribution in [0.15, 0.2) is 18.2 Å². The molecular formula is C11H15FN2O3S. The maximum Gasteiger partial charge on any atom is 0.235 e. The van der Waals surface area contributed by atoms with E-state index in [4.69, 9.17) is 10.5 Å². The number of hydrogen-bond acceptors (Lipinski definition) is 4. The Morgan fingerprint density at radius 2 is 2.00 bits per heavy atom. The van der Waals surface area contributed by atoms with Gasteiger partial charge in [-0.2, -0.15) is 0 Å². The number of halogens is 1. The number of anilines is 2. The Kier molecular flexibility index (Phi) is 3.72. The molecular weight excluding hydrogens is 259 g/mol. The summed E-state index contributed by atoms with van der Waals surface area (Å²) in [6.45, 7) is 0.870. The van der Waals surface area contributed by atoms with Crippen molar-refractivity contribution in [2.45, 2.75) is 18.1 Å². The molecule has 1 aliphatic heterocycles. The number of ether oxygens (including phenoxy) is 1. The molecule has 1 aliphatic rings. The monoisotopic (exact) mass is 274 g/mol. The lowest BCUT2D eigenvalue weighted by Crippen LogP contribution is -2.33. The number of benzene rings is 1. The van der Waals surface area contributed by atoms with E-state index in [0.717, 1.165) is 12.1 Å². The molecule has 2 rings (SSSR count). The van der Waals surface area contributed by atoms with Crippen molar-refractivity contribution in [3.05, 3.63) is 24.0 Å². The van der Waals surface area contributed by atoms with Crippen molar-refractivity contribution in [3.8, 4) is 0 Å². The summed E-state index contributed by atoms with van der Waals surface area (Å²) < 4.78 is 44.5. The molecule has 0 amide bonds. The first kappa shape index (κ1) is 13.1. The van der Waals surface area contributed by atoms with E-state index in [0.29, 0.717) is 26.1 Å². The molecule has 7 heteroatoms. The number of nitrogen functional groups attached to an aromatic ring is 1. The normalized spacial score (nSPS) is 17.6. The average molecular weight is 274 g/mol. The Morgan fingerprint density at radius 1 is 1.33 bits per heavy atom. The first-order chi connectivity index (χ1) is 8.49. The molecule has 1 aromatic carbocycles. The molecule has 1 heterocycles. The molecule has 3 N–H and O–H groups in total. The SMILES string of the molecule is Nc1cc(F)ccc1NS(=O)(=O)C1CCOCC1. The molecule has 0 aliphatic carbocycles. The van der Waals surface area contributed by atoms with Gasteiger partial charge in [0.2, 0.25) is 10.0 Å². The number of sulfonamides is 1. The molecule has 0 saturated carbocycles. The number of hydrogen-bond donors (Lipinski definition) is 2. The quantitative estimate of drug-likeness (QED) is 0.815. The lowest BCUT2D eigenvalue weighted by Gasteiger charge is -2.23. The molecule has 1 aromatic rings. The summed E-state index contributed by atoms with van der Waals surface area (Å²) in [7, 11) is -3.50. The summed E-state index contributed by atoms with van der Waals surface area (Å²) in [5, 5.41) is -0.490. The fraction of sp³-hybridized carbons (Fsp3) is 0.455. The highest BCUT2D eigenvalue weighted by atomic mass is 32.2. The summed E-state index contributed by atoms with van der Waals surface area (Å²) in [4.78, 5) is 0. The van der Waals surface area contributed by atoms with Crippen molar-refractivity contribution in [1.29, 1.82) is 0 Å². The highest BCUT2D eigenvalue weighted by Gasteiger charge is 2.28. The predicted octanol–water partition coefficient (Wildman–Crippen LogP) is 1.33. The molecule has 0 atom stereocenters. The van der Waals surface area contributed by atoms with Crippen LogP contribution in [-0.2, 0) is 14.8 Å². The second-order valence-electron chi connectivity index (χ2n) is 4.19. The van der Waals surface area contributed by atoms with Crippen LogP contribution in [0.5, 0.6) is 0 Å². The van der Waals surface area contributed by atoms with Gasteiger partial charge in [-0.05, 0) is 31.0 Å². The minimum atomic E-state index is -3.50. The number of rotatable bonds is 3. The van der Waals surface area contributed by atoms with Gasteiger partial charge in [0.25, 0.3) is 0 Å². The molecule has 0 bridgehead atoms. The molecule has 18 heavy (non-hydrogen) atoms. The van der Waals surface area contributed by atoms with Crippen molar-refractivity contribution >= 4 is 21.4 Å². The van der Waals surface area contributed by atoms with Crippen LogP contribution < -0.4 is 10.5 Å². The highest BCUT2D eigenvalue weighted by Crippen LogP contribution is 2.24. The Balaban J connectivity index is 2.16. The Bertz CT molecular complexity index is 527. The second-order valence-corrected chi connectivity index (χ2v) is 6.15. The largest absolute Gasteiger partial charge is 0.397 e. The maximum atomic E-state index is 12.9. The standard InChI is InChI=1S/C11H15FN2O3S/c12-8-1-2-11(10(13)7-8)14-18(15,16)9-3-5-17-6-4-9/h1-2,7,9,14H,3-6,13H2. The van der Waals surface area contributed by atoms with Crippen LogP contribution in [-0.4, -0.2) is 26.9 Å². The van der Waals surface area contributed by atoms with Crippen LogP contribution in [0.25, 0.3) is 0 Å². The van der Waals surface area contributed by atoms with Gasteiger partial charge in [0, 0.05) is 13.2 Å². The van der Waals surface area contributed by atoms with E-state index >= 15 is 0 Å². The molecule has 0 radical (unpaired) electrons. The summed E-state index contributed by atoms with van der Waals surface area (Å²) in [6, 6.07) is 3.57. The zero-order valence-corrected chi connectivity index (χ0v) is 10.5. The van der Waals surface area contributed by atoms with Crippen LogP contribution in [0.4, 0.5) is 15.8 Å². The molecule has 1 fully saturated rings. The summed E-state index contributed by atoms with van der Waals surface area (Å²) in [5.74, 6) is -0.499. The Labute approximate surface area is 105 Å². The maximum absolute atomic E-state index is 12.9. The van der Waals surface area contributed by atoms with Gasteiger partial charge in [0.15, 0.2) is 0 Å².